The Kier molecular flexibility index (Phi) is 4.33. The minimum Gasteiger partial charge on any atom is -0.126 e. The highest BCUT2D eigenvalue weighted by molar-refractivity contribution is 9.24. The van der Waals surface area contributed by atoms with Gasteiger partial charge in [-0.1, -0.05) is 48.7 Å². The summed E-state index contributed by atoms with van der Waals surface area (Å²) in [5.74, 6) is 0. The molecule has 0 aromatic heterocycles. The summed E-state index contributed by atoms with van der Waals surface area (Å²) in [6.45, 7) is 2.25. The van der Waals surface area contributed by atoms with Crippen molar-refractivity contribution in [3.8, 4) is 0 Å². The Bertz CT molecular complexity index is 241. The number of benzene rings is 1. The quantitative estimate of drug-likeness (QED) is 0.563. The molecular formula is C10H13BrSi. The summed E-state index contributed by atoms with van der Waals surface area (Å²) in [7, 11) is -0.680. The molecule has 0 heterocycles. The summed E-state index contributed by atoms with van der Waals surface area (Å²) in [6, 6.07) is 10.5. The van der Waals surface area contributed by atoms with Crippen LogP contribution < -0.4 is 0 Å². The van der Waals surface area contributed by atoms with Crippen molar-refractivity contribution >= 4 is 22.7 Å². The summed E-state index contributed by atoms with van der Waals surface area (Å²) in [5, 5.41) is 0. The van der Waals surface area contributed by atoms with Crippen molar-refractivity contribution in [2.45, 2.75) is 13.0 Å². The average Bonchev–Trinajstić information content (AvgIpc) is 2.05. The van der Waals surface area contributed by atoms with Gasteiger partial charge < -0.3 is 0 Å². The van der Waals surface area contributed by atoms with E-state index in [0.717, 1.165) is 6.42 Å². The van der Waals surface area contributed by atoms with Gasteiger partial charge >= 0.3 is 0 Å². The first-order valence-electron chi connectivity index (χ1n) is 4.13. The van der Waals surface area contributed by atoms with Crippen LogP contribution in [0.4, 0.5) is 0 Å². The van der Waals surface area contributed by atoms with Crippen LogP contribution in [-0.4, -0.2) is 7.42 Å². The summed E-state index contributed by atoms with van der Waals surface area (Å²) in [6.07, 6.45) is 3.31. The van der Waals surface area contributed by atoms with Crippen molar-refractivity contribution in [3.63, 3.8) is 0 Å². The molecule has 0 radical (unpaired) electrons. The van der Waals surface area contributed by atoms with E-state index in [9.17, 15) is 0 Å². The fraction of sp³-hybridized carbons (Fsp3) is 0.200. The van der Waals surface area contributed by atoms with Crippen molar-refractivity contribution in [1.29, 1.82) is 0 Å². The highest BCUT2D eigenvalue weighted by Gasteiger charge is 1.89. The summed E-state index contributed by atoms with van der Waals surface area (Å²) in [4.78, 5) is 0. The van der Waals surface area contributed by atoms with Crippen molar-refractivity contribution in [1.82, 2.24) is 0 Å². The molecule has 0 saturated heterocycles. The lowest BCUT2D eigenvalue weighted by atomic mass is 10.2. The number of hydrogen-bond donors (Lipinski definition) is 0. The fourth-order valence-corrected chi connectivity index (χ4v) is 2.16. The molecule has 0 fully saturated rings. The molecule has 0 nitrogen and oxygen atoms in total. The normalized spacial score (nSPS) is 13.5. The highest BCUT2D eigenvalue weighted by Crippen LogP contribution is 2.01. The smallest absolute Gasteiger partial charge is 0.126 e. The van der Waals surface area contributed by atoms with Gasteiger partial charge in [0, 0.05) is 0 Å². The second-order valence-electron chi connectivity index (χ2n) is 2.80. The van der Waals surface area contributed by atoms with Crippen molar-refractivity contribution in [2.75, 3.05) is 0 Å². The Morgan fingerprint density at radius 3 is 2.58 bits per heavy atom. The average molecular weight is 241 g/mol. The third-order valence-corrected chi connectivity index (χ3v) is 3.32. The summed E-state index contributed by atoms with van der Waals surface area (Å²) >= 11 is 3.60. The SMILES string of the molecule is C[SiH](Br)C=CCc1ccccc1. The topological polar surface area (TPSA) is 0 Å². The molecule has 1 unspecified atom stereocenters. The lowest BCUT2D eigenvalue weighted by molar-refractivity contribution is 1.27. The third kappa shape index (κ3) is 3.88. The van der Waals surface area contributed by atoms with E-state index >= 15 is 0 Å². The molecule has 1 atom stereocenters. The van der Waals surface area contributed by atoms with Crippen LogP contribution in [0.3, 0.4) is 0 Å². The number of hydrogen-bond acceptors (Lipinski definition) is 0. The first-order valence-corrected chi connectivity index (χ1v) is 9.14. The Balaban J connectivity index is 2.43. The molecule has 0 spiro atoms. The van der Waals surface area contributed by atoms with Gasteiger partial charge in [-0.15, -0.1) is 15.3 Å². The van der Waals surface area contributed by atoms with Crippen LogP contribution in [0.1, 0.15) is 5.56 Å². The maximum absolute atomic E-state index is 3.60. The number of halogens is 1. The van der Waals surface area contributed by atoms with E-state index in [2.05, 4.69) is 63.9 Å². The molecule has 0 amide bonds. The monoisotopic (exact) mass is 240 g/mol. The van der Waals surface area contributed by atoms with Crippen molar-refractivity contribution in [3.05, 3.63) is 47.7 Å². The van der Waals surface area contributed by atoms with Gasteiger partial charge in [0.05, 0.1) is 0 Å². The fourth-order valence-electron chi connectivity index (χ4n) is 1.01. The van der Waals surface area contributed by atoms with Gasteiger partial charge in [0.25, 0.3) is 0 Å². The van der Waals surface area contributed by atoms with Crippen LogP contribution >= 0.6 is 15.3 Å². The molecule has 1 aromatic carbocycles. The first-order chi connectivity index (χ1) is 5.79. The number of allylic oxidation sites excluding steroid dienone is 1. The summed E-state index contributed by atoms with van der Waals surface area (Å²) < 4.78 is 0. The van der Waals surface area contributed by atoms with Crippen LogP contribution in [0.15, 0.2) is 42.1 Å². The van der Waals surface area contributed by atoms with Gasteiger partial charge in [0.2, 0.25) is 0 Å². The molecule has 2 heteroatoms. The molecule has 0 aliphatic carbocycles. The van der Waals surface area contributed by atoms with E-state index in [4.69, 9.17) is 0 Å². The van der Waals surface area contributed by atoms with Gasteiger partial charge in [-0.05, 0) is 12.0 Å². The van der Waals surface area contributed by atoms with Crippen LogP contribution in [0.25, 0.3) is 0 Å². The Morgan fingerprint density at radius 2 is 2.00 bits per heavy atom. The van der Waals surface area contributed by atoms with Gasteiger partial charge in [-0.3, -0.25) is 0 Å². The Morgan fingerprint density at radius 1 is 1.33 bits per heavy atom. The molecule has 0 bridgehead atoms. The van der Waals surface area contributed by atoms with Crippen LogP contribution in [-0.2, 0) is 6.42 Å². The van der Waals surface area contributed by atoms with Crippen molar-refractivity contribution in [2.24, 2.45) is 0 Å². The summed E-state index contributed by atoms with van der Waals surface area (Å²) in [5.41, 5.74) is 3.68. The van der Waals surface area contributed by atoms with Crippen LogP contribution in [0.2, 0.25) is 6.55 Å². The van der Waals surface area contributed by atoms with Gasteiger partial charge in [0.1, 0.15) is 7.42 Å². The third-order valence-electron chi connectivity index (χ3n) is 1.60. The minimum absolute atomic E-state index is 0.680. The maximum Gasteiger partial charge on any atom is 0.134 e. The van der Waals surface area contributed by atoms with E-state index < -0.39 is 7.42 Å². The molecule has 0 aliphatic heterocycles. The zero-order valence-electron chi connectivity index (χ0n) is 7.20. The molecule has 0 saturated carbocycles. The lowest BCUT2D eigenvalue weighted by Gasteiger charge is -1.94. The van der Waals surface area contributed by atoms with E-state index in [1.54, 1.807) is 0 Å². The largest absolute Gasteiger partial charge is 0.134 e. The second kappa shape index (κ2) is 5.33. The standard InChI is InChI=1S/C10H13BrSi/c1-12(11)9-5-8-10-6-3-2-4-7-10/h2-7,9,12H,8H2,1H3. The molecule has 64 valence electrons. The van der Waals surface area contributed by atoms with Gasteiger partial charge in [-0.2, -0.15) is 0 Å². The Hall–Kier alpha value is -0.343. The molecule has 0 N–H and O–H groups in total. The maximum atomic E-state index is 3.60. The molecular weight excluding hydrogens is 228 g/mol. The zero-order valence-corrected chi connectivity index (χ0v) is 9.94. The van der Waals surface area contributed by atoms with E-state index in [0.29, 0.717) is 0 Å². The Labute approximate surface area is 83.5 Å². The highest BCUT2D eigenvalue weighted by atomic mass is 79.9. The van der Waals surface area contributed by atoms with E-state index in [-0.39, 0.29) is 0 Å². The van der Waals surface area contributed by atoms with Gasteiger partial charge in [0.15, 0.2) is 0 Å². The zero-order chi connectivity index (χ0) is 8.81. The second-order valence-corrected chi connectivity index (χ2v) is 8.87. The number of rotatable bonds is 3. The minimum atomic E-state index is -0.680. The van der Waals surface area contributed by atoms with E-state index in [1.165, 1.54) is 5.56 Å². The van der Waals surface area contributed by atoms with Crippen LogP contribution in [0, 0.1) is 0 Å². The predicted molar refractivity (Wildman–Crippen MR) is 61.2 cm³/mol. The lowest BCUT2D eigenvalue weighted by Crippen LogP contribution is -1.88. The van der Waals surface area contributed by atoms with Crippen molar-refractivity contribution < 1.29 is 0 Å². The molecule has 1 aromatic rings. The van der Waals surface area contributed by atoms with Crippen LogP contribution in [0.5, 0.6) is 0 Å². The van der Waals surface area contributed by atoms with Gasteiger partial charge in [-0.25, -0.2) is 0 Å². The molecule has 0 aliphatic rings. The molecule has 1 rings (SSSR count). The predicted octanol–water partition coefficient (Wildman–Crippen LogP) is 3.07. The molecule has 12 heavy (non-hydrogen) atoms. The first kappa shape index (κ1) is 9.74. The van der Waals surface area contributed by atoms with E-state index in [1.807, 2.05) is 0 Å².